The highest BCUT2D eigenvalue weighted by Gasteiger charge is 2.28. The van der Waals surface area contributed by atoms with E-state index in [4.69, 9.17) is 23.7 Å². The van der Waals surface area contributed by atoms with Crippen LogP contribution in [0.25, 0.3) is 0 Å². The van der Waals surface area contributed by atoms with E-state index in [2.05, 4.69) is 16.2 Å². The number of nitrogens with zero attached hydrogens (tertiary/aromatic N) is 1. The van der Waals surface area contributed by atoms with Crippen molar-refractivity contribution in [1.29, 1.82) is 0 Å². The molecule has 0 aliphatic carbocycles. The van der Waals surface area contributed by atoms with Gasteiger partial charge in [0.1, 0.15) is 5.60 Å². The Labute approximate surface area is 217 Å². The van der Waals surface area contributed by atoms with Gasteiger partial charge in [0.25, 0.3) is 0 Å². The van der Waals surface area contributed by atoms with Crippen LogP contribution in [0.4, 0.5) is 4.79 Å². The zero-order valence-corrected chi connectivity index (χ0v) is 21.9. The van der Waals surface area contributed by atoms with Gasteiger partial charge in [-0.3, -0.25) is 29.5 Å². The Morgan fingerprint density at radius 1 is 0.730 bits per heavy atom. The molecule has 1 aliphatic heterocycles. The van der Waals surface area contributed by atoms with Crippen LogP contribution in [0.15, 0.2) is 0 Å². The topological polar surface area (TPSA) is 171 Å². The number of hydrogen-bond acceptors (Lipinski definition) is 10. The summed E-state index contributed by atoms with van der Waals surface area (Å²) < 4.78 is 26.4. The minimum Gasteiger partial charge on any atom is -0.443 e. The summed E-state index contributed by atoms with van der Waals surface area (Å²) in [5, 5.41) is 2.67. The van der Waals surface area contributed by atoms with Gasteiger partial charge in [-0.15, -0.1) is 0 Å². The first-order valence-electron chi connectivity index (χ1n) is 12.3. The van der Waals surface area contributed by atoms with Gasteiger partial charge in [-0.25, -0.2) is 10.2 Å². The molecule has 1 fully saturated rings. The van der Waals surface area contributed by atoms with Crippen molar-refractivity contribution in [3.05, 3.63) is 0 Å². The first-order chi connectivity index (χ1) is 17.6. The average molecular weight is 533 g/mol. The molecule has 0 spiro atoms. The average Bonchev–Trinajstić information content (AvgIpc) is 3.14. The number of carbonyl (C=O) groups excluding carboxylic acids is 5. The lowest BCUT2D eigenvalue weighted by molar-refractivity contribution is -0.138. The smallest absolute Gasteiger partial charge is 0.426 e. The van der Waals surface area contributed by atoms with Gasteiger partial charge in [-0.2, -0.15) is 0 Å². The van der Waals surface area contributed by atoms with Crippen LogP contribution in [-0.2, 0) is 42.9 Å². The highest BCUT2D eigenvalue weighted by molar-refractivity contribution is 6.02. The third-order valence-electron chi connectivity index (χ3n) is 4.58. The van der Waals surface area contributed by atoms with Gasteiger partial charge in [0.15, 0.2) is 0 Å². The maximum absolute atomic E-state index is 11.7. The number of ether oxygens (including phenoxy) is 5. The highest BCUT2D eigenvalue weighted by Crippen LogP contribution is 2.11. The Balaban J connectivity index is 1.81. The van der Waals surface area contributed by atoms with E-state index in [0.29, 0.717) is 52.8 Å². The number of nitrogens with one attached hydrogen (secondary N) is 3. The van der Waals surface area contributed by atoms with Gasteiger partial charge in [0.2, 0.25) is 23.6 Å². The number of rotatable bonds is 18. The second-order valence-electron chi connectivity index (χ2n) is 8.91. The Hall–Kier alpha value is -2.81. The van der Waals surface area contributed by atoms with Crippen molar-refractivity contribution in [2.45, 2.75) is 52.1 Å². The molecule has 1 rings (SSSR count). The van der Waals surface area contributed by atoms with E-state index in [1.54, 1.807) is 20.8 Å². The van der Waals surface area contributed by atoms with Gasteiger partial charge in [0.05, 0.1) is 59.3 Å². The minimum atomic E-state index is -0.739. The number of likely N-dealkylation sites (tertiary alicyclic amines) is 1. The SMILES string of the molecule is CC(C)(C)OC(=O)NNC(=O)CCOCCOCCOCCOCCNC(=O)CCN1C(=O)CCC1=O. The fourth-order valence-corrected chi connectivity index (χ4v) is 2.85. The molecule has 5 amide bonds. The standard InChI is InChI=1S/C23H40N4O10/c1-23(2,3)37-22(32)26-25-19(29)7-10-33-12-14-35-16-17-36-15-13-34-11-8-24-18(28)6-9-27-20(30)4-5-21(27)31/h4-17H2,1-3H3,(H,24,28)(H,25,29)(H,26,32). The summed E-state index contributed by atoms with van der Waals surface area (Å²) in [5.41, 5.74) is 3.74. The molecule has 1 heterocycles. The third kappa shape index (κ3) is 17.3. The lowest BCUT2D eigenvalue weighted by Crippen LogP contribution is -2.44. The van der Waals surface area contributed by atoms with Crippen LogP contribution in [0, 0.1) is 0 Å². The molecule has 0 unspecified atom stereocenters. The van der Waals surface area contributed by atoms with Gasteiger partial charge in [0, 0.05) is 32.4 Å². The van der Waals surface area contributed by atoms with Crippen LogP contribution in [0.2, 0.25) is 0 Å². The maximum Gasteiger partial charge on any atom is 0.426 e. The zero-order chi connectivity index (χ0) is 27.5. The lowest BCUT2D eigenvalue weighted by atomic mass is 10.2. The van der Waals surface area contributed by atoms with E-state index in [1.165, 1.54) is 0 Å². The molecule has 14 heteroatoms. The summed E-state index contributed by atoms with van der Waals surface area (Å²) in [6.07, 6.45) is -0.149. The van der Waals surface area contributed by atoms with E-state index in [0.717, 1.165) is 4.90 Å². The quantitative estimate of drug-likeness (QED) is 0.120. The predicted octanol–water partition coefficient (Wildman–Crippen LogP) is -0.346. The number of hydrazine groups is 1. The monoisotopic (exact) mass is 532 g/mol. The van der Waals surface area contributed by atoms with E-state index in [9.17, 15) is 24.0 Å². The second-order valence-corrected chi connectivity index (χ2v) is 8.91. The molecule has 212 valence electrons. The predicted molar refractivity (Wildman–Crippen MR) is 129 cm³/mol. The molecule has 1 aliphatic rings. The summed E-state index contributed by atoms with van der Waals surface area (Å²) in [7, 11) is 0. The lowest BCUT2D eigenvalue weighted by Gasteiger charge is -2.19. The Bertz CT molecular complexity index is 726. The van der Waals surface area contributed by atoms with E-state index in [1.807, 2.05) is 0 Å². The normalized spacial score (nSPS) is 13.5. The largest absolute Gasteiger partial charge is 0.443 e. The first-order valence-corrected chi connectivity index (χ1v) is 12.3. The molecule has 0 aromatic heterocycles. The van der Waals surface area contributed by atoms with E-state index in [-0.39, 0.29) is 56.6 Å². The van der Waals surface area contributed by atoms with Crippen molar-refractivity contribution in [3.8, 4) is 0 Å². The Kier molecular flexibility index (Phi) is 16.1. The summed E-state index contributed by atoms with van der Waals surface area (Å²) in [6.45, 7) is 8.23. The van der Waals surface area contributed by atoms with Crippen LogP contribution in [0.3, 0.4) is 0 Å². The van der Waals surface area contributed by atoms with E-state index < -0.39 is 17.6 Å². The van der Waals surface area contributed by atoms with Gasteiger partial charge < -0.3 is 29.0 Å². The van der Waals surface area contributed by atoms with E-state index >= 15 is 0 Å². The zero-order valence-electron chi connectivity index (χ0n) is 21.9. The fraction of sp³-hybridized carbons (Fsp3) is 0.783. The molecule has 0 aromatic rings. The van der Waals surface area contributed by atoms with Crippen LogP contribution in [0.1, 0.15) is 46.5 Å². The minimum absolute atomic E-state index is 0.0726. The van der Waals surface area contributed by atoms with Crippen molar-refractivity contribution in [1.82, 2.24) is 21.1 Å². The maximum atomic E-state index is 11.7. The first kappa shape index (κ1) is 32.2. The van der Waals surface area contributed by atoms with Crippen molar-refractivity contribution in [2.24, 2.45) is 0 Å². The molecule has 0 saturated carbocycles. The molecule has 0 aromatic carbocycles. The van der Waals surface area contributed by atoms with Gasteiger partial charge >= 0.3 is 6.09 Å². The van der Waals surface area contributed by atoms with Crippen LogP contribution >= 0.6 is 0 Å². The molecular formula is C23H40N4O10. The van der Waals surface area contributed by atoms with Gasteiger partial charge in [-0.1, -0.05) is 0 Å². The third-order valence-corrected chi connectivity index (χ3v) is 4.58. The molecule has 0 atom stereocenters. The highest BCUT2D eigenvalue weighted by atomic mass is 16.6. The molecule has 0 bridgehead atoms. The van der Waals surface area contributed by atoms with Crippen LogP contribution < -0.4 is 16.2 Å². The number of hydrogen-bond donors (Lipinski definition) is 3. The molecule has 1 saturated heterocycles. The molecule has 37 heavy (non-hydrogen) atoms. The van der Waals surface area contributed by atoms with Crippen LogP contribution in [0.5, 0.6) is 0 Å². The number of amides is 5. The molecule has 14 nitrogen and oxygen atoms in total. The van der Waals surface area contributed by atoms with Crippen molar-refractivity contribution in [2.75, 3.05) is 65.9 Å². The summed E-state index contributed by atoms with van der Waals surface area (Å²) in [5.74, 6) is -1.10. The number of carbonyl (C=O) groups is 5. The fourth-order valence-electron chi connectivity index (χ4n) is 2.85. The summed E-state index contributed by atoms with van der Waals surface area (Å²) >= 11 is 0. The van der Waals surface area contributed by atoms with Crippen molar-refractivity contribution in [3.63, 3.8) is 0 Å². The van der Waals surface area contributed by atoms with Crippen molar-refractivity contribution >= 4 is 29.7 Å². The Morgan fingerprint density at radius 2 is 1.24 bits per heavy atom. The van der Waals surface area contributed by atoms with Crippen LogP contribution in [-0.4, -0.2) is 106 Å². The summed E-state index contributed by atoms with van der Waals surface area (Å²) in [6, 6.07) is 0. The van der Waals surface area contributed by atoms with Crippen molar-refractivity contribution < 1.29 is 47.7 Å². The molecular weight excluding hydrogens is 492 g/mol. The summed E-state index contributed by atoms with van der Waals surface area (Å²) in [4.78, 5) is 58.8. The molecule has 3 N–H and O–H groups in total. The second kappa shape index (κ2) is 18.4. The molecule has 0 radical (unpaired) electrons. The number of imide groups is 1. The Morgan fingerprint density at radius 3 is 1.78 bits per heavy atom. The van der Waals surface area contributed by atoms with Gasteiger partial charge in [-0.05, 0) is 20.8 Å².